The van der Waals surface area contributed by atoms with Crippen molar-refractivity contribution < 1.29 is 4.74 Å². The molecule has 1 heterocycles. The van der Waals surface area contributed by atoms with Crippen molar-refractivity contribution in [2.45, 2.75) is 20.0 Å². The van der Waals surface area contributed by atoms with E-state index in [-0.39, 0.29) is 0 Å². The van der Waals surface area contributed by atoms with Crippen LogP contribution in [0.15, 0.2) is 48.7 Å². The molecule has 3 nitrogen and oxygen atoms in total. The summed E-state index contributed by atoms with van der Waals surface area (Å²) in [5.74, 6) is 0.892. The maximum Gasteiger partial charge on any atom is 0.119 e. The predicted molar refractivity (Wildman–Crippen MR) is 86.7 cm³/mol. The summed E-state index contributed by atoms with van der Waals surface area (Å²) in [6.07, 6.45) is 2.13. The quantitative estimate of drug-likeness (QED) is 0.795. The topological polar surface area (TPSA) is 40.2 Å². The first-order chi connectivity index (χ1) is 10.2. The molecule has 0 unspecified atom stereocenters. The molecule has 3 heteroatoms. The highest BCUT2D eigenvalue weighted by Gasteiger charge is 2.05. The molecule has 3 rings (SSSR count). The maximum absolute atomic E-state index is 5.69. The average Bonchev–Trinajstić information content (AvgIpc) is 2.91. The van der Waals surface area contributed by atoms with Crippen molar-refractivity contribution in [3.05, 3.63) is 65.4 Å². The minimum atomic E-state index is 0.591. The van der Waals surface area contributed by atoms with E-state index in [0.29, 0.717) is 6.54 Å². The van der Waals surface area contributed by atoms with Crippen molar-refractivity contribution in [3.63, 3.8) is 0 Å². The van der Waals surface area contributed by atoms with Crippen molar-refractivity contribution in [1.82, 2.24) is 4.57 Å². The van der Waals surface area contributed by atoms with Crippen LogP contribution in [0, 0.1) is 6.92 Å². The van der Waals surface area contributed by atoms with Crippen molar-refractivity contribution in [3.8, 4) is 5.75 Å². The first-order valence-electron chi connectivity index (χ1n) is 7.12. The van der Waals surface area contributed by atoms with E-state index in [0.717, 1.165) is 12.3 Å². The molecule has 0 radical (unpaired) electrons. The predicted octanol–water partition coefficient (Wildman–Crippen LogP) is 3.47. The van der Waals surface area contributed by atoms with Gasteiger partial charge in [0.15, 0.2) is 0 Å². The molecule has 1 aromatic heterocycles. The molecule has 0 fully saturated rings. The van der Waals surface area contributed by atoms with E-state index in [1.165, 1.54) is 27.6 Å². The molecule has 0 amide bonds. The molecular formula is C18H20N2O. The summed E-state index contributed by atoms with van der Waals surface area (Å²) in [5.41, 5.74) is 10.7. The zero-order valence-corrected chi connectivity index (χ0v) is 12.5. The highest BCUT2D eigenvalue weighted by Crippen LogP contribution is 2.23. The Balaban J connectivity index is 1.95. The van der Waals surface area contributed by atoms with Crippen LogP contribution in [0.4, 0.5) is 0 Å². The Morgan fingerprint density at radius 2 is 1.95 bits per heavy atom. The largest absolute Gasteiger partial charge is 0.497 e. The first-order valence-corrected chi connectivity index (χ1v) is 7.12. The lowest BCUT2D eigenvalue weighted by Gasteiger charge is -2.10. The number of aryl methyl sites for hydroxylation is 1. The third-order valence-corrected chi connectivity index (χ3v) is 3.96. The van der Waals surface area contributed by atoms with Gasteiger partial charge >= 0.3 is 0 Å². The summed E-state index contributed by atoms with van der Waals surface area (Å²) in [6.45, 7) is 3.60. The smallest absolute Gasteiger partial charge is 0.119 e. The molecule has 0 aliphatic heterocycles. The summed E-state index contributed by atoms with van der Waals surface area (Å²) >= 11 is 0. The van der Waals surface area contributed by atoms with E-state index >= 15 is 0 Å². The standard InChI is InChI=1S/C18H20N2O/c1-13-9-14(11-19)3-4-16(13)12-20-8-7-15-10-17(21-2)5-6-18(15)20/h3-10H,11-12,19H2,1-2H3. The van der Waals surface area contributed by atoms with E-state index in [1.54, 1.807) is 7.11 Å². The van der Waals surface area contributed by atoms with Crippen LogP contribution in [-0.2, 0) is 13.1 Å². The molecular weight excluding hydrogens is 260 g/mol. The van der Waals surface area contributed by atoms with E-state index in [2.05, 4.69) is 54.1 Å². The zero-order chi connectivity index (χ0) is 14.8. The van der Waals surface area contributed by atoms with Crippen LogP contribution in [0.5, 0.6) is 5.75 Å². The number of aromatic nitrogens is 1. The van der Waals surface area contributed by atoms with Crippen molar-refractivity contribution in [2.75, 3.05) is 7.11 Å². The Morgan fingerprint density at radius 1 is 1.10 bits per heavy atom. The Kier molecular flexibility index (Phi) is 3.67. The van der Waals surface area contributed by atoms with Crippen LogP contribution in [0.2, 0.25) is 0 Å². The second-order valence-corrected chi connectivity index (χ2v) is 5.33. The van der Waals surface area contributed by atoms with Gasteiger partial charge in [-0.25, -0.2) is 0 Å². The van der Waals surface area contributed by atoms with Gasteiger partial charge in [-0.2, -0.15) is 0 Å². The number of benzene rings is 2. The molecule has 0 aliphatic carbocycles. The summed E-state index contributed by atoms with van der Waals surface area (Å²) < 4.78 is 7.54. The minimum absolute atomic E-state index is 0.591. The number of nitrogens with two attached hydrogens (primary N) is 1. The Hall–Kier alpha value is -2.26. The summed E-state index contributed by atoms with van der Waals surface area (Å²) in [4.78, 5) is 0. The Labute approximate surface area is 125 Å². The van der Waals surface area contributed by atoms with Crippen LogP contribution in [0.3, 0.4) is 0 Å². The van der Waals surface area contributed by atoms with Crippen LogP contribution < -0.4 is 10.5 Å². The third-order valence-electron chi connectivity index (χ3n) is 3.96. The molecule has 21 heavy (non-hydrogen) atoms. The lowest BCUT2D eigenvalue weighted by molar-refractivity contribution is 0.415. The first kappa shape index (κ1) is 13.7. The number of hydrogen-bond acceptors (Lipinski definition) is 2. The van der Waals surface area contributed by atoms with Crippen molar-refractivity contribution in [1.29, 1.82) is 0 Å². The molecule has 0 aliphatic rings. The Bertz CT molecular complexity index is 774. The van der Waals surface area contributed by atoms with Crippen LogP contribution in [0.1, 0.15) is 16.7 Å². The molecule has 2 N–H and O–H groups in total. The Morgan fingerprint density at radius 3 is 2.67 bits per heavy atom. The maximum atomic E-state index is 5.69. The average molecular weight is 280 g/mol. The van der Waals surface area contributed by atoms with Gasteiger partial charge < -0.3 is 15.0 Å². The second kappa shape index (κ2) is 5.62. The highest BCUT2D eigenvalue weighted by atomic mass is 16.5. The van der Waals surface area contributed by atoms with Gasteiger partial charge in [-0.15, -0.1) is 0 Å². The molecule has 0 atom stereocenters. The lowest BCUT2D eigenvalue weighted by Crippen LogP contribution is -2.02. The SMILES string of the molecule is COc1ccc2c(ccn2Cc2ccc(CN)cc2C)c1. The molecule has 2 aromatic carbocycles. The monoisotopic (exact) mass is 280 g/mol. The van der Waals surface area contributed by atoms with Gasteiger partial charge in [-0.1, -0.05) is 18.2 Å². The van der Waals surface area contributed by atoms with Gasteiger partial charge in [-0.05, 0) is 47.9 Å². The zero-order valence-electron chi connectivity index (χ0n) is 12.5. The van der Waals surface area contributed by atoms with E-state index in [1.807, 2.05) is 6.07 Å². The van der Waals surface area contributed by atoms with Gasteiger partial charge in [0, 0.05) is 30.2 Å². The van der Waals surface area contributed by atoms with E-state index in [9.17, 15) is 0 Å². The molecule has 3 aromatic rings. The number of nitrogens with zero attached hydrogens (tertiary/aromatic N) is 1. The van der Waals surface area contributed by atoms with Crippen molar-refractivity contribution >= 4 is 10.9 Å². The molecule has 0 saturated heterocycles. The molecule has 0 bridgehead atoms. The number of hydrogen-bond donors (Lipinski definition) is 1. The molecule has 108 valence electrons. The van der Waals surface area contributed by atoms with Gasteiger partial charge in [0.1, 0.15) is 5.75 Å². The number of methoxy groups -OCH3 is 1. The highest BCUT2D eigenvalue weighted by molar-refractivity contribution is 5.81. The van der Waals surface area contributed by atoms with Crippen LogP contribution >= 0.6 is 0 Å². The van der Waals surface area contributed by atoms with E-state index < -0.39 is 0 Å². The van der Waals surface area contributed by atoms with Crippen LogP contribution in [0.25, 0.3) is 10.9 Å². The van der Waals surface area contributed by atoms with Crippen LogP contribution in [-0.4, -0.2) is 11.7 Å². The minimum Gasteiger partial charge on any atom is -0.497 e. The second-order valence-electron chi connectivity index (χ2n) is 5.33. The fourth-order valence-electron chi connectivity index (χ4n) is 2.69. The number of rotatable bonds is 4. The van der Waals surface area contributed by atoms with Gasteiger partial charge in [0.05, 0.1) is 7.11 Å². The van der Waals surface area contributed by atoms with Gasteiger partial charge in [0.2, 0.25) is 0 Å². The lowest BCUT2D eigenvalue weighted by atomic mass is 10.0. The number of fused-ring (bicyclic) bond motifs is 1. The summed E-state index contributed by atoms with van der Waals surface area (Å²) in [6, 6.07) is 14.8. The summed E-state index contributed by atoms with van der Waals surface area (Å²) in [5, 5.41) is 1.20. The molecule has 0 saturated carbocycles. The molecule has 0 spiro atoms. The fraction of sp³-hybridized carbons (Fsp3) is 0.222. The normalized spacial score (nSPS) is 11.0. The van der Waals surface area contributed by atoms with Crippen molar-refractivity contribution in [2.24, 2.45) is 5.73 Å². The van der Waals surface area contributed by atoms with Gasteiger partial charge in [0.25, 0.3) is 0 Å². The third kappa shape index (κ3) is 2.65. The number of ether oxygens (including phenoxy) is 1. The summed E-state index contributed by atoms with van der Waals surface area (Å²) in [7, 11) is 1.69. The fourth-order valence-corrected chi connectivity index (χ4v) is 2.69. The van der Waals surface area contributed by atoms with Gasteiger partial charge in [-0.3, -0.25) is 0 Å². The van der Waals surface area contributed by atoms with E-state index in [4.69, 9.17) is 10.5 Å².